The minimum Gasteiger partial charge on any atom is -0.337 e. The van der Waals surface area contributed by atoms with Crippen molar-refractivity contribution in [2.45, 2.75) is 44.2 Å². The second-order valence-corrected chi connectivity index (χ2v) is 6.51. The van der Waals surface area contributed by atoms with Crippen LogP contribution in [0.1, 0.15) is 44.0 Å². The topological polar surface area (TPSA) is 51.0 Å². The third-order valence-corrected chi connectivity index (χ3v) is 4.96. The van der Waals surface area contributed by atoms with E-state index in [4.69, 9.17) is 16.1 Å². The molecular weight excluding hydrogens is 286 g/mol. The molecule has 2 aromatic rings. The minimum atomic E-state index is 0.214. The van der Waals surface area contributed by atoms with Crippen LogP contribution in [0.15, 0.2) is 28.8 Å². The molecule has 1 aliphatic heterocycles. The summed E-state index contributed by atoms with van der Waals surface area (Å²) in [7, 11) is 0. The maximum atomic E-state index is 5.90. The summed E-state index contributed by atoms with van der Waals surface area (Å²) < 4.78 is 5.48. The van der Waals surface area contributed by atoms with E-state index in [1.165, 1.54) is 25.7 Å². The van der Waals surface area contributed by atoms with Crippen molar-refractivity contribution < 1.29 is 4.52 Å². The van der Waals surface area contributed by atoms with E-state index in [1.54, 1.807) is 0 Å². The first-order valence-corrected chi connectivity index (χ1v) is 8.03. The van der Waals surface area contributed by atoms with E-state index >= 15 is 0 Å². The minimum absolute atomic E-state index is 0.214. The fourth-order valence-electron chi connectivity index (χ4n) is 3.60. The van der Waals surface area contributed by atoms with Crippen molar-refractivity contribution in [2.75, 3.05) is 0 Å². The molecule has 4 rings (SSSR count). The number of halogens is 1. The first-order chi connectivity index (χ1) is 10.3. The van der Waals surface area contributed by atoms with Gasteiger partial charge in [-0.25, -0.2) is 0 Å². The number of fused-ring (bicyclic) bond motifs is 1. The van der Waals surface area contributed by atoms with Gasteiger partial charge in [-0.05, 0) is 49.4 Å². The van der Waals surface area contributed by atoms with Crippen LogP contribution in [0.4, 0.5) is 0 Å². The standard InChI is InChI=1S/C16H18ClN3O/c17-12-7-5-10(6-8-12)15-19-16(21-20-15)14-9-11-3-1-2-4-13(11)18-14/h5-8,11,13-14,18H,1-4,9H2. The molecule has 0 bridgehead atoms. The van der Waals surface area contributed by atoms with Gasteiger partial charge in [0.15, 0.2) is 0 Å². The average Bonchev–Trinajstić information content (AvgIpc) is 3.14. The van der Waals surface area contributed by atoms with Gasteiger partial charge in [-0.2, -0.15) is 4.98 Å². The summed E-state index contributed by atoms with van der Waals surface area (Å²) in [5.74, 6) is 2.13. The van der Waals surface area contributed by atoms with Crippen LogP contribution in [0.3, 0.4) is 0 Å². The molecule has 2 fully saturated rings. The van der Waals surface area contributed by atoms with Crippen molar-refractivity contribution in [1.29, 1.82) is 0 Å². The van der Waals surface area contributed by atoms with Crippen LogP contribution in [0.5, 0.6) is 0 Å². The molecule has 1 aromatic carbocycles. The first-order valence-electron chi connectivity index (χ1n) is 7.65. The largest absolute Gasteiger partial charge is 0.337 e. The zero-order chi connectivity index (χ0) is 14.2. The summed E-state index contributed by atoms with van der Waals surface area (Å²) in [6.07, 6.45) is 6.41. The molecule has 1 aliphatic carbocycles. The summed E-state index contributed by atoms with van der Waals surface area (Å²) in [6, 6.07) is 8.36. The van der Waals surface area contributed by atoms with Gasteiger partial charge in [0.1, 0.15) is 0 Å². The molecule has 1 aromatic heterocycles. The molecule has 4 nitrogen and oxygen atoms in total. The monoisotopic (exact) mass is 303 g/mol. The first kappa shape index (κ1) is 13.3. The van der Waals surface area contributed by atoms with Crippen LogP contribution in [0.2, 0.25) is 5.02 Å². The normalized spacial score (nSPS) is 28.5. The van der Waals surface area contributed by atoms with Crippen LogP contribution in [0, 0.1) is 5.92 Å². The highest BCUT2D eigenvalue weighted by molar-refractivity contribution is 6.30. The third kappa shape index (κ3) is 2.58. The van der Waals surface area contributed by atoms with Gasteiger partial charge in [-0.3, -0.25) is 0 Å². The zero-order valence-corrected chi connectivity index (χ0v) is 12.5. The van der Waals surface area contributed by atoms with Gasteiger partial charge in [0.2, 0.25) is 11.7 Å². The maximum Gasteiger partial charge on any atom is 0.244 e. The van der Waals surface area contributed by atoms with Crippen LogP contribution in [-0.4, -0.2) is 16.2 Å². The SMILES string of the molecule is Clc1ccc(-c2noc(C3CC4CCCCC4N3)n2)cc1. The second-order valence-electron chi connectivity index (χ2n) is 6.07. The molecule has 0 amide bonds. The van der Waals surface area contributed by atoms with E-state index < -0.39 is 0 Å². The van der Waals surface area contributed by atoms with Gasteiger partial charge in [0.25, 0.3) is 0 Å². The Morgan fingerprint density at radius 2 is 1.95 bits per heavy atom. The molecule has 2 aliphatic rings. The molecule has 3 atom stereocenters. The van der Waals surface area contributed by atoms with E-state index in [-0.39, 0.29) is 6.04 Å². The summed E-state index contributed by atoms with van der Waals surface area (Å²) in [4.78, 5) is 4.57. The molecule has 5 heteroatoms. The zero-order valence-electron chi connectivity index (χ0n) is 11.8. The van der Waals surface area contributed by atoms with Gasteiger partial charge >= 0.3 is 0 Å². The van der Waals surface area contributed by atoms with Crippen LogP contribution >= 0.6 is 11.6 Å². The van der Waals surface area contributed by atoms with Gasteiger partial charge in [-0.15, -0.1) is 0 Å². The Labute approximate surface area is 128 Å². The number of benzene rings is 1. The van der Waals surface area contributed by atoms with E-state index in [1.807, 2.05) is 24.3 Å². The number of nitrogens with zero attached hydrogens (tertiary/aromatic N) is 2. The van der Waals surface area contributed by atoms with Crippen molar-refractivity contribution in [3.8, 4) is 11.4 Å². The molecule has 110 valence electrons. The second kappa shape index (κ2) is 5.43. The predicted molar refractivity (Wildman–Crippen MR) is 81.0 cm³/mol. The predicted octanol–water partition coefficient (Wildman–Crippen LogP) is 3.98. The van der Waals surface area contributed by atoms with E-state index in [0.29, 0.717) is 22.8 Å². The van der Waals surface area contributed by atoms with E-state index in [2.05, 4.69) is 15.5 Å². The van der Waals surface area contributed by atoms with Crippen molar-refractivity contribution in [2.24, 2.45) is 5.92 Å². The van der Waals surface area contributed by atoms with Crippen LogP contribution in [0.25, 0.3) is 11.4 Å². The number of hydrogen-bond acceptors (Lipinski definition) is 4. The highest BCUT2D eigenvalue weighted by atomic mass is 35.5. The summed E-state index contributed by atoms with van der Waals surface area (Å²) in [5.41, 5.74) is 0.935. The van der Waals surface area contributed by atoms with Gasteiger partial charge in [0, 0.05) is 16.6 Å². The molecule has 0 radical (unpaired) electrons. The van der Waals surface area contributed by atoms with Crippen molar-refractivity contribution in [3.63, 3.8) is 0 Å². The van der Waals surface area contributed by atoms with Crippen molar-refractivity contribution in [1.82, 2.24) is 15.5 Å². The molecule has 3 unspecified atom stereocenters. The van der Waals surface area contributed by atoms with Crippen LogP contribution < -0.4 is 5.32 Å². The third-order valence-electron chi connectivity index (χ3n) is 4.71. The lowest BCUT2D eigenvalue weighted by Gasteiger charge is -2.24. The molecule has 21 heavy (non-hydrogen) atoms. The maximum absolute atomic E-state index is 5.90. The fourth-order valence-corrected chi connectivity index (χ4v) is 3.73. The Morgan fingerprint density at radius 3 is 2.76 bits per heavy atom. The van der Waals surface area contributed by atoms with E-state index in [9.17, 15) is 0 Å². The average molecular weight is 304 g/mol. The van der Waals surface area contributed by atoms with Gasteiger partial charge < -0.3 is 9.84 Å². The smallest absolute Gasteiger partial charge is 0.244 e. The quantitative estimate of drug-likeness (QED) is 0.911. The lowest BCUT2D eigenvalue weighted by molar-refractivity contribution is 0.324. The molecular formula is C16H18ClN3O. The lowest BCUT2D eigenvalue weighted by atomic mass is 9.85. The Kier molecular flexibility index (Phi) is 3.43. The Hall–Kier alpha value is -1.39. The number of rotatable bonds is 2. The summed E-state index contributed by atoms with van der Waals surface area (Å²) >= 11 is 5.90. The lowest BCUT2D eigenvalue weighted by Crippen LogP contribution is -2.30. The molecule has 1 N–H and O–H groups in total. The Balaban J connectivity index is 1.53. The van der Waals surface area contributed by atoms with Crippen LogP contribution in [-0.2, 0) is 0 Å². The van der Waals surface area contributed by atoms with E-state index in [0.717, 1.165) is 17.9 Å². The number of hydrogen-bond donors (Lipinski definition) is 1. The molecule has 0 spiro atoms. The summed E-state index contributed by atoms with van der Waals surface area (Å²) in [5, 5.41) is 8.49. The summed E-state index contributed by atoms with van der Waals surface area (Å²) in [6.45, 7) is 0. The highest BCUT2D eigenvalue weighted by Crippen LogP contribution is 2.38. The van der Waals surface area contributed by atoms with Gasteiger partial charge in [-0.1, -0.05) is 29.6 Å². The molecule has 2 heterocycles. The highest BCUT2D eigenvalue weighted by Gasteiger charge is 2.38. The number of nitrogens with one attached hydrogen (secondary N) is 1. The van der Waals surface area contributed by atoms with Gasteiger partial charge in [0.05, 0.1) is 6.04 Å². The van der Waals surface area contributed by atoms with Crippen molar-refractivity contribution in [3.05, 3.63) is 35.2 Å². The molecule has 1 saturated carbocycles. The Bertz CT molecular complexity index is 611. The van der Waals surface area contributed by atoms with Crippen molar-refractivity contribution >= 4 is 11.6 Å². The Morgan fingerprint density at radius 1 is 1.14 bits per heavy atom. The number of aromatic nitrogens is 2. The fraction of sp³-hybridized carbons (Fsp3) is 0.500. The molecule has 1 saturated heterocycles.